The molecular formula is C21H24F3N3O2. The molecule has 4 rings (SSSR count). The fourth-order valence-corrected chi connectivity index (χ4v) is 3.93. The Kier molecular flexibility index (Phi) is 5.40. The van der Waals surface area contributed by atoms with E-state index in [0.717, 1.165) is 51.2 Å². The molecule has 1 saturated heterocycles. The van der Waals surface area contributed by atoms with E-state index in [9.17, 15) is 18.3 Å². The molecular weight excluding hydrogens is 383 g/mol. The maximum Gasteiger partial charge on any atom is 0.418 e. The van der Waals surface area contributed by atoms with Crippen LogP contribution >= 0.6 is 0 Å². The summed E-state index contributed by atoms with van der Waals surface area (Å²) in [5.74, 6) is 1.61. The van der Waals surface area contributed by atoms with Crippen molar-refractivity contribution in [1.29, 1.82) is 0 Å². The standard InChI is InChI=1S/C21H24F3N3O2/c1-14(16-3-2-15-6-11-29-18(15)12-16)26-7-9-27(10-8-26)19-5-4-17(13-25-19)20(28)21(22,23)24/h2-5,12-14,20,28H,6-11H2,1H3. The summed E-state index contributed by atoms with van der Waals surface area (Å²) in [5, 5.41) is 9.33. The van der Waals surface area contributed by atoms with Crippen LogP contribution in [-0.4, -0.2) is 54.0 Å². The fourth-order valence-electron chi connectivity index (χ4n) is 3.93. The second-order valence-electron chi connectivity index (χ2n) is 7.56. The van der Waals surface area contributed by atoms with Gasteiger partial charge in [-0.3, -0.25) is 4.90 Å². The summed E-state index contributed by atoms with van der Waals surface area (Å²) in [6.07, 6.45) is -5.12. The van der Waals surface area contributed by atoms with E-state index < -0.39 is 12.3 Å². The molecule has 0 bridgehead atoms. The number of hydrogen-bond donors (Lipinski definition) is 1. The third kappa shape index (κ3) is 4.18. The van der Waals surface area contributed by atoms with Crippen LogP contribution in [0, 0.1) is 0 Å². The molecule has 1 aromatic heterocycles. The third-order valence-corrected chi connectivity index (χ3v) is 5.79. The van der Waals surface area contributed by atoms with E-state index in [-0.39, 0.29) is 11.6 Å². The molecule has 1 N–H and O–H groups in total. The average molecular weight is 407 g/mol. The van der Waals surface area contributed by atoms with Crippen molar-refractivity contribution in [3.8, 4) is 5.75 Å². The number of nitrogens with zero attached hydrogens (tertiary/aromatic N) is 3. The molecule has 0 spiro atoms. The molecule has 1 aromatic carbocycles. The maximum absolute atomic E-state index is 12.6. The van der Waals surface area contributed by atoms with Gasteiger partial charge in [-0.25, -0.2) is 4.98 Å². The van der Waals surface area contributed by atoms with Gasteiger partial charge in [-0.15, -0.1) is 0 Å². The minimum Gasteiger partial charge on any atom is -0.493 e. The highest BCUT2D eigenvalue weighted by molar-refractivity contribution is 5.42. The Balaban J connectivity index is 1.37. The Hall–Kier alpha value is -2.32. The monoisotopic (exact) mass is 407 g/mol. The lowest BCUT2D eigenvalue weighted by Gasteiger charge is -2.38. The molecule has 5 nitrogen and oxygen atoms in total. The lowest BCUT2D eigenvalue weighted by atomic mass is 10.0. The summed E-state index contributed by atoms with van der Waals surface area (Å²) in [6, 6.07) is 9.53. The summed E-state index contributed by atoms with van der Waals surface area (Å²) in [4.78, 5) is 8.57. The zero-order valence-electron chi connectivity index (χ0n) is 16.2. The van der Waals surface area contributed by atoms with Gasteiger partial charge < -0.3 is 14.7 Å². The SMILES string of the molecule is CC(c1ccc2c(c1)OCC2)N1CCN(c2ccc(C(O)C(F)(F)F)cn2)CC1. The fraction of sp³-hybridized carbons (Fsp3) is 0.476. The topological polar surface area (TPSA) is 48.8 Å². The first-order chi connectivity index (χ1) is 13.8. The number of ether oxygens (including phenoxy) is 1. The van der Waals surface area contributed by atoms with Crippen LogP contribution in [0.15, 0.2) is 36.5 Å². The van der Waals surface area contributed by atoms with Gasteiger partial charge in [0.1, 0.15) is 11.6 Å². The van der Waals surface area contributed by atoms with Crippen molar-refractivity contribution in [1.82, 2.24) is 9.88 Å². The molecule has 3 heterocycles. The minimum atomic E-state index is -4.69. The molecule has 0 saturated carbocycles. The molecule has 0 amide bonds. The van der Waals surface area contributed by atoms with Crippen molar-refractivity contribution in [3.63, 3.8) is 0 Å². The first-order valence-corrected chi connectivity index (χ1v) is 9.78. The van der Waals surface area contributed by atoms with Gasteiger partial charge in [0.2, 0.25) is 0 Å². The van der Waals surface area contributed by atoms with Gasteiger partial charge in [0.05, 0.1) is 6.61 Å². The Morgan fingerprint density at radius 1 is 1.07 bits per heavy atom. The van der Waals surface area contributed by atoms with Crippen LogP contribution in [-0.2, 0) is 6.42 Å². The summed E-state index contributed by atoms with van der Waals surface area (Å²) in [7, 11) is 0. The number of aliphatic hydroxyl groups excluding tert-OH is 1. The Morgan fingerprint density at radius 2 is 1.79 bits per heavy atom. The first-order valence-electron chi connectivity index (χ1n) is 9.78. The molecule has 0 radical (unpaired) electrons. The second-order valence-corrected chi connectivity index (χ2v) is 7.56. The highest BCUT2D eigenvalue weighted by Crippen LogP contribution is 2.33. The van der Waals surface area contributed by atoms with Crippen molar-refractivity contribution in [2.45, 2.75) is 31.7 Å². The van der Waals surface area contributed by atoms with E-state index in [4.69, 9.17) is 4.74 Å². The lowest BCUT2D eigenvalue weighted by Crippen LogP contribution is -2.47. The molecule has 1 fully saturated rings. The number of fused-ring (bicyclic) bond motifs is 1. The number of hydrogen-bond acceptors (Lipinski definition) is 5. The number of aromatic nitrogens is 1. The normalized spacial score (nSPS) is 19.6. The van der Waals surface area contributed by atoms with Crippen molar-refractivity contribution in [3.05, 3.63) is 53.2 Å². The van der Waals surface area contributed by atoms with E-state index >= 15 is 0 Å². The predicted molar refractivity (Wildman–Crippen MR) is 103 cm³/mol. The lowest BCUT2D eigenvalue weighted by molar-refractivity contribution is -0.206. The third-order valence-electron chi connectivity index (χ3n) is 5.79. The summed E-state index contributed by atoms with van der Waals surface area (Å²) in [6.45, 7) is 6.05. The Morgan fingerprint density at radius 3 is 2.45 bits per heavy atom. The van der Waals surface area contributed by atoms with E-state index in [1.165, 1.54) is 17.2 Å². The number of aliphatic hydroxyl groups is 1. The van der Waals surface area contributed by atoms with Crippen molar-refractivity contribution >= 4 is 5.82 Å². The molecule has 8 heteroatoms. The molecule has 29 heavy (non-hydrogen) atoms. The highest BCUT2D eigenvalue weighted by Gasteiger charge is 2.39. The summed E-state index contributed by atoms with van der Waals surface area (Å²) < 4.78 is 43.5. The number of piperazine rings is 1. The van der Waals surface area contributed by atoms with Crippen LogP contribution in [0.1, 0.15) is 35.8 Å². The Bertz CT molecular complexity index is 849. The molecule has 2 aliphatic rings. The number of benzene rings is 1. The number of anilines is 1. The van der Waals surface area contributed by atoms with Gasteiger partial charge in [-0.1, -0.05) is 18.2 Å². The maximum atomic E-state index is 12.6. The average Bonchev–Trinajstić information content (AvgIpc) is 3.20. The van der Waals surface area contributed by atoms with Crippen molar-refractivity contribution < 1.29 is 23.0 Å². The zero-order chi connectivity index (χ0) is 20.6. The van der Waals surface area contributed by atoms with Gasteiger partial charge in [0.15, 0.2) is 6.10 Å². The zero-order valence-corrected chi connectivity index (χ0v) is 16.2. The van der Waals surface area contributed by atoms with E-state index in [1.54, 1.807) is 6.07 Å². The first kappa shape index (κ1) is 20.0. The van der Waals surface area contributed by atoms with Crippen LogP contribution in [0.4, 0.5) is 19.0 Å². The van der Waals surface area contributed by atoms with E-state index in [0.29, 0.717) is 5.82 Å². The largest absolute Gasteiger partial charge is 0.493 e. The second kappa shape index (κ2) is 7.84. The van der Waals surface area contributed by atoms with E-state index in [1.807, 2.05) is 0 Å². The molecule has 0 aliphatic carbocycles. The van der Waals surface area contributed by atoms with Crippen LogP contribution in [0.25, 0.3) is 0 Å². The Labute approximate surface area is 167 Å². The molecule has 2 unspecified atom stereocenters. The summed E-state index contributed by atoms with van der Waals surface area (Å²) >= 11 is 0. The van der Waals surface area contributed by atoms with Crippen LogP contribution < -0.4 is 9.64 Å². The van der Waals surface area contributed by atoms with Gasteiger partial charge in [-0.05, 0) is 30.2 Å². The number of halogens is 3. The van der Waals surface area contributed by atoms with Crippen molar-refractivity contribution in [2.75, 3.05) is 37.7 Å². The smallest absolute Gasteiger partial charge is 0.418 e. The molecule has 2 aromatic rings. The molecule has 156 valence electrons. The predicted octanol–water partition coefficient (Wildman–Crippen LogP) is 3.50. The minimum absolute atomic E-state index is 0.243. The van der Waals surface area contributed by atoms with Crippen LogP contribution in [0.3, 0.4) is 0 Å². The van der Waals surface area contributed by atoms with Gasteiger partial charge in [0, 0.05) is 50.4 Å². The van der Waals surface area contributed by atoms with Crippen LogP contribution in [0.2, 0.25) is 0 Å². The number of pyridine rings is 1. The molecule has 2 aliphatic heterocycles. The van der Waals surface area contributed by atoms with Crippen LogP contribution in [0.5, 0.6) is 5.75 Å². The number of rotatable bonds is 4. The van der Waals surface area contributed by atoms with Gasteiger partial charge in [-0.2, -0.15) is 13.2 Å². The van der Waals surface area contributed by atoms with E-state index in [2.05, 4.69) is 39.9 Å². The summed E-state index contributed by atoms with van der Waals surface area (Å²) in [5.41, 5.74) is 2.24. The van der Waals surface area contributed by atoms with Crippen molar-refractivity contribution in [2.24, 2.45) is 0 Å². The van der Waals surface area contributed by atoms with Gasteiger partial charge >= 0.3 is 6.18 Å². The molecule has 2 atom stereocenters. The quantitative estimate of drug-likeness (QED) is 0.841. The highest BCUT2D eigenvalue weighted by atomic mass is 19.4. The van der Waals surface area contributed by atoms with Gasteiger partial charge in [0.25, 0.3) is 0 Å². The number of alkyl halides is 3.